The van der Waals surface area contributed by atoms with Crippen LogP contribution < -0.4 is 10.6 Å². The highest BCUT2D eigenvalue weighted by Gasteiger charge is 2.08. The van der Waals surface area contributed by atoms with Gasteiger partial charge in [0.2, 0.25) is 5.91 Å². The van der Waals surface area contributed by atoms with Gasteiger partial charge in [0, 0.05) is 13.2 Å². The first-order valence-corrected chi connectivity index (χ1v) is 5.10. The first-order valence-electron chi connectivity index (χ1n) is 5.10. The van der Waals surface area contributed by atoms with Gasteiger partial charge < -0.3 is 15.4 Å². The Labute approximate surface area is 90.8 Å². The summed E-state index contributed by atoms with van der Waals surface area (Å²) in [5.74, 6) is -0.159. The van der Waals surface area contributed by atoms with Crippen LogP contribution in [0.4, 0.5) is 0 Å². The molecule has 1 amide bonds. The van der Waals surface area contributed by atoms with Crippen LogP contribution in [0.15, 0.2) is 0 Å². The predicted molar refractivity (Wildman–Crippen MR) is 57.2 cm³/mol. The Kier molecular flexibility index (Phi) is 8.73. The predicted octanol–water partition coefficient (Wildman–Crippen LogP) is 0.0309. The van der Waals surface area contributed by atoms with Gasteiger partial charge in [0.1, 0.15) is 6.54 Å². The summed E-state index contributed by atoms with van der Waals surface area (Å²) in [4.78, 5) is 11.1. The smallest absolute Gasteiger partial charge is 0.234 e. The monoisotopic (exact) mass is 213 g/mol. The summed E-state index contributed by atoms with van der Waals surface area (Å²) >= 11 is 0. The molecule has 0 bridgehead atoms. The number of hydrogen-bond acceptors (Lipinski definition) is 4. The van der Waals surface area contributed by atoms with Crippen molar-refractivity contribution in [3.8, 4) is 6.07 Å². The standard InChI is InChI=1S/C10H19N3O2/c1-3-4-9(8-15-2)13-7-10(14)12-6-5-11/h9,13H,3-4,6-8H2,1-2H3,(H,12,14). The third-order valence-electron chi connectivity index (χ3n) is 1.92. The molecule has 0 rings (SSSR count). The van der Waals surface area contributed by atoms with Gasteiger partial charge in [-0.25, -0.2) is 0 Å². The second-order valence-corrected chi connectivity index (χ2v) is 3.26. The van der Waals surface area contributed by atoms with E-state index in [0.717, 1.165) is 12.8 Å². The molecule has 0 fully saturated rings. The summed E-state index contributed by atoms with van der Waals surface area (Å²) in [5.41, 5.74) is 0. The van der Waals surface area contributed by atoms with E-state index in [-0.39, 0.29) is 25.0 Å². The first kappa shape index (κ1) is 13.9. The summed E-state index contributed by atoms with van der Waals surface area (Å²) in [6.07, 6.45) is 2.01. The Morgan fingerprint density at radius 1 is 1.60 bits per heavy atom. The number of methoxy groups -OCH3 is 1. The molecule has 0 saturated heterocycles. The SMILES string of the molecule is CCCC(COC)NCC(=O)NCC#N. The van der Waals surface area contributed by atoms with E-state index in [2.05, 4.69) is 17.6 Å². The van der Waals surface area contributed by atoms with Crippen molar-refractivity contribution in [3.05, 3.63) is 0 Å². The molecule has 15 heavy (non-hydrogen) atoms. The molecule has 0 aliphatic carbocycles. The number of nitriles is 1. The van der Waals surface area contributed by atoms with E-state index in [1.165, 1.54) is 0 Å². The van der Waals surface area contributed by atoms with Gasteiger partial charge in [-0.05, 0) is 6.42 Å². The van der Waals surface area contributed by atoms with E-state index >= 15 is 0 Å². The van der Waals surface area contributed by atoms with Crippen molar-refractivity contribution in [2.75, 3.05) is 26.8 Å². The number of amides is 1. The number of nitrogens with zero attached hydrogens (tertiary/aromatic N) is 1. The molecule has 1 atom stereocenters. The summed E-state index contributed by atoms with van der Waals surface area (Å²) in [6, 6.07) is 2.05. The third-order valence-corrected chi connectivity index (χ3v) is 1.92. The minimum atomic E-state index is -0.159. The van der Waals surface area contributed by atoms with Gasteiger partial charge in [-0.1, -0.05) is 13.3 Å². The lowest BCUT2D eigenvalue weighted by Crippen LogP contribution is -2.41. The summed E-state index contributed by atoms with van der Waals surface area (Å²) in [7, 11) is 1.64. The second-order valence-electron chi connectivity index (χ2n) is 3.26. The highest BCUT2D eigenvalue weighted by molar-refractivity contribution is 5.78. The van der Waals surface area contributed by atoms with Crippen LogP contribution in [0.25, 0.3) is 0 Å². The lowest BCUT2D eigenvalue weighted by atomic mass is 10.2. The molecule has 5 heteroatoms. The first-order chi connectivity index (χ1) is 7.24. The van der Waals surface area contributed by atoms with Crippen LogP contribution in [0.3, 0.4) is 0 Å². The Morgan fingerprint density at radius 2 is 2.33 bits per heavy atom. The Bertz CT molecular complexity index is 207. The maximum absolute atomic E-state index is 11.1. The molecule has 0 aromatic carbocycles. The van der Waals surface area contributed by atoms with Crippen LogP contribution in [-0.4, -0.2) is 38.8 Å². The zero-order valence-corrected chi connectivity index (χ0v) is 9.38. The Morgan fingerprint density at radius 3 is 2.87 bits per heavy atom. The van der Waals surface area contributed by atoms with Crippen molar-refractivity contribution in [2.45, 2.75) is 25.8 Å². The van der Waals surface area contributed by atoms with Crippen molar-refractivity contribution >= 4 is 5.91 Å². The van der Waals surface area contributed by atoms with E-state index < -0.39 is 0 Å². The van der Waals surface area contributed by atoms with Gasteiger partial charge in [-0.3, -0.25) is 4.79 Å². The van der Waals surface area contributed by atoms with Crippen LogP contribution in [-0.2, 0) is 9.53 Å². The normalized spacial score (nSPS) is 11.8. The highest BCUT2D eigenvalue weighted by atomic mass is 16.5. The maximum atomic E-state index is 11.1. The topological polar surface area (TPSA) is 74.2 Å². The van der Waals surface area contributed by atoms with E-state index in [1.807, 2.05) is 6.07 Å². The quantitative estimate of drug-likeness (QED) is 0.558. The molecular formula is C10H19N3O2. The zero-order valence-electron chi connectivity index (χ0n) is 9.38. The number of hydrogen-bond donors (Lipinski definition) is 2. The molecule has 1 unspecified atom stereocenters. The van der Waals surface area contributed by atoms with Crippen molar-refractivity contribution in [3.63, 3.8) is 0 Å². The Balaban J connectivity index is 3.68. The van der Waals surface area contributed by atoms with Gasteiger partial charge in [0.05, 0.1) is 19.2 Å². The average Bonchev–Trinajstić information content (AvgIpc) is 2.23. The molecule has 0 saturated carbocycles. The number of carbonyl (C=O) groups excluding carboxylic acids is 1. The molecule has 0 aromatic rings. The van der Waals surface area contributed by atoms with Crippen LogP contribution in [0.5, 0.6) is 0 Å². The minimum Gasteiger partial charge on any atom is -0.383 e. The van der Waals surface area contributed by atoms with Gasteiger partial charge in [-0.15, -0.1) is 0 Å². The van der Waals surface area contributed by atoms with Crippen LogP contribution in [0, 0.1) is 11.3 Å². The fourth-order valence-corrected chi connectivity index (χ4v) is 1.23. The average molecular weight is 213 g/mol. The fourth-order valence-electron chi connectivity index (χ4n) is 1.23. The number of nitrogens with one attached hydrogen (secondary N) is 2. The Hall–Kier alpha value is -1.12. The van der Waals surface area contributed by atoms with E-state index in [4.69, 9.17) is 10.00 Å². The number of rotatable bonds is 8. The molecule has 5 nitrogen and oxygen atoms in total. The second kappa shape index (κ2) is 9.44. The molecule has 0 radical (unpaired) electrons. The van der Waals surface area contributed by atoms with Crippen molar-refractivity contribution in [2.24, 2.45) is 0 Å². The highest BCUT2D eigenvalue weighted by Crippen LogP contribution is 1.96. The number of carbonyl (C=O) groups is 1. The molecule has 2 N–H and O–H groups in total. The van der Waals surface area contributed by atoms with Gasteiger partial charge >= 0.3 is 0 Å². The third kappa shape index (κ3) is 7.91. The van der Waals surface area contributed by atoms with Gasteiger partial charge in [-0.2, -0.15) is 5.26 Å². The van der Waals surface area contributed by atoms with Crippen molar-refractivity contribution < 1.29 is 9.53 Å². The lowest BCUT2D eigenvalue weighted by Gasteiger charge is -2.16. The molecule has 86 valence electrons. The summed E-state index contributed by atoms with van der Waals surface area (Å²) < 4.78 is 5.02. The lowest BCUT2D eigenvalue weighted by molar-refractivity contribution is -0.120. The van der Waals surface area contributed by atoms with Crippen molar-refractivity contribution in [1.29, 1.82) is 5.26 Å². The molecule has 0 aromatic heterocycles. The van der Waals surface area contributed by atoms with Crippen LogP contribution in [0.1, 0.15) is 19.8 Å². The number of ether oxygens (including phenoxy) is 1. The zero-order chi connectivity index (χ0) is 11.5. The van der Waals surface area contributed by atoms with Crippen LogP contribution in [0.2, 0.25) is 0 Å². The molecular weight excluding hydrogens is 194 g/mol. The molecule has 0 aliphatic rings. The van der Waals surface area contributed by atoms with E-state index in [1.54, 1.807) is 7.11 Å². The largest absolute Gasteiger partial charge is 0.383 e. The van der Waals surface area contributed by atoms with Gasteiger partial charge in [0.15, 0.2) is 0 Å². The molecule has 0 aliphatic heterocycles. The van der Waals surface area contributed by atoms with E-state index in [9.17, 15) is 4.79 Å². The summed E-state index contributed by atoms with van der Waals surface area (Å²) in [6.45, 7) is 2.97. The van der Waals surface area contributed by atoms with E-state index in [0.29, 0.717) is 6.61 Å². The molecule has 0 spiro atoms. The molecule has 0 heterocycles. The van der Waals surface area contributed by atoms with Gasteiger partial charge in [0.25, 0.3) is 0 Å². The summed E-state index contributed by atoms with van der Waals surface area (Å²) in [5, 5.41) is 13.8. The maximum Gasteiger partial charge on any atom is 0.234 e. The fraction of sp³-hybridized carbons (Fsp3) is 0.800. The van der Waals surface area contributed by atoms with Crippen LogP contribution >= 0.6 is 0 Å². The van der Waals surface area contributed by atoms with Crippen molar-refractivity contribution in [1.82, 2.24) is 10.6 Å². The minimum absolute atomic E-state index is 0.0588.